The van der Waals surface area contributed by atoms with Crippen LogP contribution in [0.25, 0.3) is 0 Å². The van der Waals surface area contributed by atoms with Crippen molar-refractivity contribution >= 4 is 15.9 Å². The number of rotatable bonds is 6. The molecule has 0 radical (unpaired) electrons. The van der Waals surface area contributed by atoms with Crippen molar-refractivity contribution in [2.24, 2.45) is 5.92 Å². The van der Waals surface area contributed by atoms with Gasteiger partial charge < -0.3 is 5.32 Å². The van der Waals surface area contributed by atoms with Gasteiger partial charge in [-0.3, -0.25) is 9.89 Å². The summed E-state index contributed by atoms with van der Waals surface area (Å²) in [7, 11) is -3.42. The van der Waals surface area contributed by atoms with Gasteiger partial charge in [0.05, 0.1) is 17.0 Å². The highest BCUT2D eigenvalue weighted by atomic mass is 32.2. The van der Waals surface area contributed by atoms with Crippen LogP contribution >= 0.6 is 0 Å². The summed E-state index contributed by atoms with van der Waals surface area (Å²) >= 11 is 0. The molecule has 1 fully saturated rings. The molecular weight excluding hydrogens is 352 g/mol. The molecule has 0 bridgehead atoms. The van der Waals surface area contributed by atoms with E-state index in [0.717, 1.165) is 24.2 Å². The fourth-order valence-electron chi connectivity index (χ4n) is 3.15. The number of aryl methyl sites for hydroxylation is 1. The molecule has 8 heteroatoms. The monoisotopic (exact) mass is 376 g/mol. The summed E-state index contributed by atoms with van der Waals surface area (Å²) in [5.74, 6) is 0.234. The maximum Gasteiger partial charge on any atom is 0.243 e. The Balaban J connectivity index is 1.46. The number of carbonyl (C=O) groups excluding carboxylic acids is 1. The molecule has 1 saturated heterocycles. The molecule has 0 spiro atoms. The van der Waals surface area contributed by atoms with Crippen LogP contribution in [0.15, 0.2) is 41.3 Å². The molecule has 3 rings (SSSR count). The van der Waals surface area contributed by atoms with Crippen molar-refractivity contribution in [2.75, 3.05) is 19.6 Å². The lowest BCUT2D eigenvalue weighted by Crippen LogP contribution is -2.41. The predicted octanol–water partition coefficient (Wildman–Crippen LogP) is 1.48. The van der Waals surface area contributed by atoms with E-state index in [1.807, 2.05) is 13.0 Å². The minimum absolute atomic E-state index is 0.0594. The maximum atomic E-state index is 12.6. The molecule has 1 aliphatic heterocycles. The van der Waals surface area contributed by atoms with Gasteiger partial charge in [-0.15, -0.1) is 0 Å². The molecule has 0 aliphatic carbocycles. The van der Waals surface area contributed by atoms with Gasteiger partial charge in [-0.2, -0.15) is 9.40 Å². The largest absolute Gasteiger partial charge is 0.355 e. The molecule has 1 amide bonds. The molecule has 2 heterocycles. The number of hydrogen-bond acceptors (Lipinski definition) is 4. The van der Waals surface area contributed by atoms with Gasteiger partial charge in [-0.1, -0.05) is 18.2 Å². The standard InChI is InChI=1S/C18H24N4O3S/c1-14-11-16(21-20-14)12-18(23)19-13-15-7-9-22(10-8-15)26(24,25)17-5-3-2-4-6-17/h2-6,11,15H,7-10,12-13H2,1H3,(H,19,23)(H,20,21). The Hall–Kier alpha value is -2.19. The number of sulfonamides is 1. The van der Waals surface area contributed by atoms with Crippen LogP contribution in [0.4, 0.5) is 0 Å². The number of benzene rings is 1. The van der Waals surface area contributed by atoms with E-state index in [-0.39, 0.29) is 12.3 Å². The number of aromatic nitrogens is 2. The number of nitrogens with one attached hydrogen (secondary N) is 2. The van der Waals surface area contributed by atoms with Gasteiger partial charge in [0.1, 0.15) is 0 Å². The van der Waals surface area contributed by atoms with Crippen LogP contribution < -0.4 is 5.32 Å². The van der Waals surface area contributed by atoms with Gasteiger partial charge in [0, 0.05) is 25.3 Å². The van der Waals surface area contributed by atoms with Crippen molar-refractivity contribution in [1.29, 1.82) is 0 Å². The fraction of sp³-hybridized carbons (Fsp3) is 0.444. The summed E-state index contributed by atoms with van der Waals surface area (Å²) in [4.78, 5) is 12.3. The molecule has 7 nitrogen and oxygen atoms in total. The first-order valence-electron chi connectivity index (χ1n) is 8.78. The van der Waals surface area contributed by atoms with Gasteiger partial charge in [-0.25, -0.2) is 8.42 Å². The quantitative estimate of drug-likeness (QED) is 0.798. The number of H-pyrrole nitrogens is 1. The first-order chi connectivity index (χ1) is 12.4. The lowest BCUT2D eigenvalue weighted by molar-refractivity contribution is -0.120. The third-order valence-corrected chi connectivity index (χ3v) is 6.56. The fourth-order valence-corrected chi connectivity index (χ4v) is 4.64. The first-order valence-corrected chi connectivity index (χ1v) is 10.2. The Kier molecular flexibility index (Phi) is 5.73. The van der Waals surface area contributed by atoms with E-state index >= 15 is 0 Å². The summed E-state index contributed by atoms with van der Waals surface area (Å²) in [6.07, 6.45) is 1.74. The minimum atomic E-state index is -3.42. The van der Waals surface area contributed by atoms with E-state index in [1.54, 1.807) is 30.3 Å². The third kappa shape index (κ3) is 4.50. The van der Waals surface area contributed by atoms with E-state index in [2.05, 4.69) is 15.5 Å². The highest BCUT2D eigenvalue weighted by Gasteiger charge is 2.29. The Labute approximate surface area is 153 Å². The second-order valence-electron chi connectivity index (χ2n) is 6.68. The van der Waals surface area contributed by atoms with Crippen LogP contribution in [0.2, 0.25) is 0 Å². The summed E-state index contributed by atoms with van der Waals surface area (Å²) < 4.78 is 26.8. The topological polar surface area (TPSA) is 95.2 Å². The van der Waals surface area contributed by atoms with Crippen molar-refractivity contribution in [1.82, 2.24) is 19.8 Å². The van der Waals surface area contributed by atoms with Crippen molar-refractivity contribution in [2.45, 2.75) is 31.1 Å². The van der Waals surface area contributed by atoms with Gasteiger partial charge in [0.25, 0.3) is 0 Å². The normalized spacial score (nSPS) is 16.5. The first kappa shape index (κ1) is 18.6. The molecule has 1 aromatic heterocycles. The second-order valence-corrected chi connectivity index (χ2v) is 8.62. The average molecular weight is 376 g/mol. The predicted molar refractivity (Wildman–Crippen MR) is 98.0 cm³/mol. The number of carbonyl (C=O) groups is 1. The molecule has 1 aromatic carbocycles. The lowest BCUT2D eigenvalue weighted by Gasteiger charge is -2.31. The minimum Gasteiger partial charge on any atom is -0.355 e. The molecule has 0 atom stereocenters. The van der Waals surface area contributed by atoms with Crippen molar-refractivity contribution in [3.63, 3.8) is 0 Å². The smallest absolute Gasteiger partial charge is 0.243 e. The van der Waals surface area contributed by atoms with E-state index in [4.69, 9.17) is 0 Å². The molecule has 2 N–H and O–H groups in total. The van der Waals surface area contributed by atoms with Crippen LogP contribution in [0.1, 0.15) is 24.2 Å². The van der Waals surface area contributed by atoms with Crippen LogP contribution in [-0.4, -0.2) is 48.5 Å². The lowest BCUT2D eigenvalue weighted by atomic mass is 9.98. The van der Waals surface area contributed by atoms with Crippen molar-refractivity contribution in [3.05, 3.63) is 47.8 Å². The van der Waals surface area contributed by atoms with Gasteiger partial charge in [-0.05, 0) is 43.9 Å². The molecule has 1 aliphatic rings. The Morgan fingerprint density at radius 2 is 1.96 bits per heavy atom. The Morgan fingerprint density at radius 3 is 2.58 bits per heavy atom. The zero-order chi connectivity index (χ0) is 18.6. The molecule has 26 heavy (non-hydrogen) atoms. The second kappa shape index (κ2) is 8.01. The van der Waals surface area contributed by atoms with Crippen LogP contribution in [0.5, 0.6) is 0 Å². The van der Waals surface area contributed by atoms with E-state index in [1.165, 1.54) is 4.31 Å². The summed E-state index contributed by atoms with van der Waals surface area (Å²) in [5.41, 5.74) is 1.66. The number of nitrogens with zero attached hydrogens (tertiary/aromatic N) is 2. The molecule has 140 valence electrons. The summed E-state index contributed by atoms with van der Waals surface area (Å²) in [5, 5.41) is 9.81. The molecule has 2 aromatic rings. The number of aromatic amines is 1. The van der Waals surface area contributed by atoms with Gasteiger partial charge in [0.15, 0.2) is 0 Å². The highest BCUT2D eigenvalue weighted by Crippen LogP contribution is 2.23. The Bertz CT molecular complexity index is 840. The Morgan fingerprint density at radius 1 is 1.27 bits per heavy atom. The SMILES string of the molecule is Cc1cc(CC(=O)NCC2CCN(S(=O)(=O)c3ccccc3)CC2)n[nH]1. The zero-order valence-corrected chi connectivity index (χ0v) is 15.6. The number of amides is 1. The molecular formula is C18H24N4O3S. The van der Waals surface area contributed by atoms with Gasteiger partial charge >= 0.3 is 0 Å². The highest BCUT2D eigenvalue weighted by molar-refractivity contribution is 7.89. The van der Waals surface area contributed by atoms with Crippen LogP contribution in [0.3, 0.4) is 0 Å². The van der Waals surface area contributed by atoms with E-state index < -0.39 is 10.0 Å². The zero-order valence-electron chi connectivity index (χ0n) is 14.8. The van der Waals surface area contributed by atoms with Crippen LogP contribution in [0, 0.1) is 12.8 Å². The van der Waals surface area contributed by atoms with E-state index in [9.17, 15) is 13.2 Å². The maximum absolute atomic E-state index is 12.6. The van der Waals surface area contributed by atoms with Crippen LogP contribution in [-0.2, 0) is 21.2 Å². The molecule has 0 saturated carbocycles. The number of hydrogen-bond donors (Lipinski definition) is 2. The van der Waals surface area contributed by atoms with E-state index in [0.29, 0.717) is 30.4 Å². The van der Waals surface area contributed by atoms with Crippen molar-refractivity contribution < 1.29 is 13.2 Å². The third-order valence-electron chi connectivity index (χ3n) is 4.64. The average Bonchev–Trinajstić information content (AvgIpc) is 3.06. The molecule has 0 unspecified atom stereocenters. The number of piperidine rings is 1. The van der Waals surface area contributed by atoms with Crippen molar-refractivity contribution in [3.8, 4) is 0 Å². The van der Waals surface area contributed by atoms with Gasteiger partial charge in [0.2, 0.25) is 15.9 Å². The summed E-state index contributed by atoms with van der Waals surface area (Å²) in [6, 6.07) is 10.4. The summed E-state index contributed by atoms with van der Waals surface area (Å²) in [6.45, 7) is 3.43.